The van der Waals surface area contributed by atoms with E-state index in [1.165, 1.54) is 28.9 Å². The minimum absolute atomic E-state index is 0.139. The highest BCUT2D eigenvalue weighted by Crippen LogP contribution is 2.40. The number of hydrogen-bond donors (Lipinski definition) is 1. The van der Waals surface area contributed by atoms with Crippen molar-refractivity contribution in [2.45, 2.75) is 64.0 Å². The van der Waals surface area contributed by atoms with Crippen LogP contribution >= 0.6 is 0 Å². The molecule has 0 unspecified atom stereocenters. The minimum atomic E-state index is -0.961. The fourth-order valence-corrected chi connectivity index (χ4v) is 3.50. The first kappa shape index (κ1) is 17.8. The third-order valence-corrected chi connectivity index (χ3v) is 4.85. The zero-order chi connectivity index (χ0) is 18.2. The molecule has 2 fully saturated rings. The summed E-state index contributed by atoms with van der Waals surface area (Å²) in [5.74, 6) is -0.0857. The van der Waals surface area contributed by atoms with Gasteiger partial charge in [0.05, 0.1) is 0 Å². The second kappa shape index (κ2) is 6.70. The summed E-state index contributed by atoms with van der Waals surface area (Å²) in [6.45, 7) is 5.79. The lowest BCUT2D eigenvalue weighted by molar-refractivity contribution is -0.142. The van der Waals surface area contributed by atoms with Crippen molar-refractivity contribution < 1.29 is 19.4 Å². The largest absolute Gasteiger partial charge is 0.480 e. The van der Waals surface area contributed by atoms with Crippen LogP contribution in [0.3, 0.4) is 0 Å². The Balaban J connectivity index is 1.64. The van der Waals surface area contributed by atoms with Crippen molar-refractivity contribution in [1.82, 2.24) is 4.90 Å². The molecule has 1 saturated carbocycles. The van der Waals surface area contributed by atoms with E-state index in [9.17, 15) is 14.7 Å². The third kappa shape index (κ3) is 4.53. The molecule has 0 spiro atoms. The van der Waals surface area contributed by atoms with Crippen molar-refractivity contribution in [3.8, 4) is 0 Å². The number of carbonyl (C=O) groups is 2. The van der Waals surface area contributed by atoms with E-state index in [-0.39, 0.29) is 5.92 Å². The van der Waals surface area contributed by atoms with E-state index < -0.39 is 23.7 Å². The van der Waals surface area contributed by atoms with Crippen LogP contribution in [0.4, 0.5) is 4.79 Å². The molecule has 1 heterocycles. The highest BCUT2D eigenvalue weighted by molar-refractivity contribution is 5.81. The van der Waals surface area contributed by atoms with Crippen LogP contribution in [0.2, 0.25) is 0 Å². The molecular formula is C20H27NO4. The second-order valence-electron chi connectivity index (χ2n) is 8.31. The topological polar surface area (TPSA) is 66.8 Å². The zero-order valence-electron chi connectivity index (χ0n) is 15.2. The summed E-state index contributed by atoms with van der Waals surface area (Å²) in [7, 11) is 0. The summed E-state index contributed by atoms with van der Waals surface area (Å²) in [5, 5.41) is 9.47. The van der Waals surface area contributed by atoms with Gasteiger partial charge < -0.3 is 9.84 Å². The maximum Gasteiger partial charge on any atom is 0.411 e. The van der Waals surface area contributed by atoms with Gasteiger partial charge in [-0.25, -0.2) is 9.59 Å². The minimum Gasteiger partial charge on any atom is -0.480 e. The third-order valence-electron chi connectivity index (χ3n) is 4.85. The first-order chi connectivity index (χ1) is 11.7. The molecule has 2 aliphatic rings. The highest BCUT2D eigenvalue weighted by Gasteiger charge is 2.41. The molecule has 2 atom stereocenters. The van der Waals surface area contributed by atoms with Crippen LogP contribution in [0.5, 0.6) is 0 Å². The second-order valence-corrected chi connectivity index (χ2v) is 8.31. The van der Waals surface area contributed by atoms with Gasteiger partial charge in [-0.05, 0) is 69.4 Å². The number of carboxylic acid groups (broad SMARTS) is 1. The van der Waals surface area contributed by atoms with Crippen LogP contribution in [-0.2, 0) is 16.0 Å². The fourth-order valence-electron chi connectivity index (χ4n) is 3.50. The molecule has 1 aliphatic carbocycles. The van der Waals surface area contributed by atoms with Crippen LogP contribution in [0, 0.1) is 5.92 Å². The van der Waals surface area contributed by atoms with Crippen molar-refractivity contribution in [2.24, 2.45) is 5.92 Å². The Morgan fingerprint density at radius 1 is 1.20 bits per heavy atom. The summed E-state index contributed by atoms with van der Waals surface area (Å²) in [6, 6.07) is 7.84. The smallest absolute Gasteiger partial charge is 0.411 e. The van der Waals surface area contributed by atoms with Gasteiger partial charge >= 0.3 is 12.1 Å². The van der Waals surface area contributed by atoms with Gasteiger partial charge in [-0.15, -0.1) is 0 Å². The Morgan fingerprint density at radius 2 is 1.84 bits per heavy atom. The van der Waals surface area contributed by atoms with Crippen LogP contribution in [0.25, 0.3) is 0 Å². The van der Waals surface area contributed by atoms with Gasteiger partial charge in [0, 0.05) is 6.54 Å². The highest BCUT2D eigenvalue weighted by atomic mass is 16.6. The van der Waals surface area contributed by atoms with Crippen LogP contribution < -0.4 is 0 Å². The SMILES string of the molecule is CC(C)(C)OC(=O)N1C[C@H](Cc2ccc(C3CC3)cc2)C[C@H]1C(=O)O. The molecule has 0 radical (unpaired) electrons. The van der Waals surface area contributed by atoms with Crippen LogP contribution in [-0.4, -0.2) is 40.3 Å². The Hall–Kier alpha value is -2.04. The molecule has 1 aromatic rings. The first-order valence-corrected chi connectivity index (χ1v) is 9.04. The molecule has 1 amide bonds. The van der Waals surface area contributed by atoms with Crippen molar-refractivity contribution in [2.75, 3.05) is 6.54 Å². The number of carbonyl (C=O) groups excluding carboxylic acids is 1. The van der Waals surface area contributed by atoms with Gasteiger partial charge in [0.2, 0.25) is 0 Å². The molecule has 25 heavy (non-hydrogen) atoms. The van der Waals surface area contributed by atoms with Crippen molar-refractivity contribution in [1.29, 1.82) is 0 Å². The van der Waals surface area contributed by atoms with E-state index in [1.54, 1.807) is 20.8 Å². The maximum absolute atomic E-state index is 12.3. The van der Waals surface area contributed by atoms with E-state index in [0.717, 1.165) is 12.3 Å². The lowest BCUT2D eigenvalue weighted by Gasteiger charge is -2.26. The molecule has 0 aromatic heterocycles. The van der Waals surface area contributed by atoms with Gasteiger partial charge in [0.15, 0.2) is 0 Å². The van der Waals surface area contributed by atoms with E-state index in [0.29, 0.717) is 13.0 Å². The number of amides is 1. The molecule has 5 nitrogen and oxygen atoms in total. The summed E-state index contributed by atoms with van der Waals surface area (Å²) >= 11 is 0. The van der Waals surface area contributed by atoms with Crippen molar-refractivity contribution in [3.05, 3.63) is 35.4 Å². The molecule has 5 heteroatoms. The van der Waals surface area contributed by atoms with E-state index in [2.05, 4.69) is 24.3 Å². The summed E-state index contributed by atoms with van der Waals surface area (Å²) < 4.78 is 5.37. The van der Waals surface area contributed by atoms with Crippen LogP contribution in [0.15, 0.2) is 24.3 Å². The number of carboxylic acids is 1. The molecule has 1 saturated heterocycles. The monoisotopic (exact) mass is 345 g/mol. The summed E-state index contributed by atoms with van der Waals surface area (Å²) in [4.78, 5) is 25.3. The predicted molar refractivity (Wildman–Crippen MR) is 94.6 cm³/mol. The summed E-state index contributed by atoms with van der Waals surface area (Å²) in [6.07, 6.45) is 3.29. The Bertz CT molecular complexity index is 643. The normalized spacial score (nSPS) is 23.6. The first-order valence-electron chi connectivity index (χ1n) is 9.04. The molecule has 0 bridgehead atoms. The molecule has 3 rings (SSSR count). The number of benzene rings is 1. The van der Waals surface area contributed by atoms with Gasteiger partial charge in [0.25, 0.3) is 0 Å². The number of rotatable bonds is 4. The Labute approximate surface area is 149 Å². The number of likely N-dealkylation sites (tertiary alicyclic amines) is 1. The average molecular weight is 345 g/mol. The van der Waals surface area contributed by atoms with Gasteiger partial charge in [-0.2, -0.15) is 0 Å². The molecule has 1 aliphatic heterocycles. The predicted octanol–water partition coefficient (Wildman–Crippen LogP) is 3.82. The Kier molecular flexibility index (Phi) is 4.76. The zero-order valence-corrected chi connectivity index (χ0v) is 15.2. The lowest BCUT2D eigenvalue weighted by atomic mass is 9.95. The van der Waals surface area contributed by atoms with Gasteiger partial charge in [0.1, 0.15) is 11.6 Å². The van der Waals surface area contributed by atoms with Gasteiger partial charge in [-0.1, -0.05) is 24.3 Å². The molecule has 1 N–H and O–H groups in total. The molecular weight excluding hydrogens is 318 g/mol. The van der Waals surface area contributed by atoms with E-state index in [4.69, 9.17) is 4.74 Å². The van der Waals surface area contributed by atoms with Crippen molar-refractivity contribution >= 4 is 12.1 Å². The summed E-state index contributed by atoms with van der Waals surface area (Å²) in [5.41, 5.74) is 1.97. The number of ether oxygens (including phenoxy) is 1. The van der Waals surface area contributed by atoms with Crippen molar-refractivity contribution in [3.63, 3.8) is 0 Å². The standard InChI is InChI=1S/C20H27NO4/c1-20(2,3)25-19(24)21-12-14(11-17(21)18(22)23)10-13-4-6-15(7-5-13)16-8-9-16/h4-7,14,16-17H,8-12H2,1-3H3,(H,22,23)/t14-,17+/m1/s1. The maximum atomic E-state index is 12.3. The number of aliphatic carboxylic acids is 1. The fraction of sp³-hybridized carbons (Fsp3) is 0.600. The Morgan fingerprint density at radius 3 is 2.36 bits per heavy atom. The molecule has 136 valence electrons. The van der Waals surface area contributed by atoms with Gasteiger partial charge in [-0.3, -0.25) is 4.90 Å². The lowest BCUT2D eigenvalue weighted by Crippen LogP contribution is -2.43. The number of nitrogens with zero attached hydrogens (tertiary/aromatic N) is 1. The average Bonchev–Trinajstić information content (AvgIpc) is 3.26. The molecule has 1 aromatic carbocycles. The van der Waals surface area contributed by atoms with E-state index in [1.807, 2.05) is 0 Å². The number of hydrogen-bond acceptors (Lipinski definition) is 3. The van der Waals surface area contributed by atoms with E-state index >= 15 is 0 Å². The quantitative estimate of drug-likeness (QED) is 0.901. The van der Waals surface area contributed by atoms with Crippen LogP contribution in [0.1, 0.15) is 57.1 Å².